The van der Waals surface area contributed by atoms with Crippen molar-refractivity contribution in [3.8, 4) is 23.0 Å². The van der Waals surface area contributed by atoms with E-state index in [1.165, 1.54) is 26.4 Å². The van der Waals surface area contributed by atoms with Crippen LogP contribution in [0.5, 0.6) is 23.0 Å². The summed E-state index contributed by atoms with van der Waals surface area (Å²) in [6, 6.07) is 7.72. The zero-order valence-corrected chi connectivity index (χ0v) is 21.3. The van der Waals surface area contributed by atoms with Gasteiger partial charge in [0.15, 0.2) is 29.3 Å². The van der Waals surface area contributed by atoms with Gasteiger partial charge in [0, 0.05) is 5.56 Å². The van der Waals surface area contributed by atoms with E-state index in [9.17, 15) is 40.9 Å². The van der Waals surface area contributed by atoms with E-state index in [4.69, 9.17) is 23.7 Å². The van der Waals surface area contributed by atoms with Crippen LogP contribution in [0.15, 0.2) is 30.3 Å². The molecular formula is C26H34O13. The minimum Gasteiger partial charge on any atom is -0.504 e. The normalized spacial score (nSPS) is 29.8. The van der Waals surface area contributed by atoms with E-state index in [0.29, 0.717) is 16.9 Å². The topological polar surface area (TPSA) is 208 Å². The third kappa shape index (κ3) is 5.63. The van der Waals surface area contributed by atoms with Crippen LogP contribution in [0.4, 0.5) is 0 Å². The standard InChI is InChI=1S/C26H34O13/c1-35-17-6-11(3-4-15(17)29)24-14(8-27)13-5-12(7-18(36-2)25(13)39-24)20(31)16(30)10-37-26-23(34)22(33)21(32)19(9-28)38-26/h3-7,14,16,19-24,26-34H,8-10H2,1-2H3/t14-,16+,19+,20-,21+,22-,23+,24+,26+/m0/s1. The molecule has 0 spiro atoms. The molecule has 2 aromatic carbocycles. The molecule has 1 saturated heterocycles. The maximum absolute atomic E-state index is 10.9. The van der Waals surface area contributed by atoms with Gasteiger partial charge in [0.1, 0.15) is 42.7 Å². The first-order valence-electron chi connectivity index (χ1n) is 12.3. The molecule has 0 radical (unpaired) electrons. The molecule has 0 aromatic heterocycles. The lowest BCUT2D eigenvalue weighted by Crippen LogP contribution is -2.59. The number of fused-ring (bicyclic) bond motifs is 1. The smallest absolute Gasteiger partial charge is 0.186 e. The molecule has 2 aliphatic rings. The van der Waals surface area contributed by atoms with Gasteiger partial charge < -0.3 is 64.5 Å². The number of rotatable bonds is 10. The van der Waals surface area contributed by atoms with E-state index in [2.05, 4.69) is 0 Å². The van der Waals surface area contributed by atoms with Crippen LogP contribution in [0.25, 0.3) is 0 Å². The summed E-state index contributed by atoms with van der Waals surface area (Å²) in [6.07, 6.45) is -11.3. The lowest BCUT2D eigenvalue weighted by molar-refractivity contribution is -0.306. The monoisotopic (exact) mass is 554 g/mol. The Bertz CT molecular complexity index is 1130. The third-order valence-electron chi connectivity index (χ3n) is 7.05. The molecule has 0 unspecified atom stereocenters. The highest BCUT2D eigenvalue weighted by atomic mass is 16.7. The Morgan fingerprint density at radius 1 is 0.897 bits per heavy atom. The summed E-state index contributed by atoms with van der Waals surface area (Å²) in [5.74, 6) is 0.180. The Hall–Kier alpha value is -2.72. The van der Waals surface area contributed by atoms with E-state index < -0.39 is 68.1 Å². The van der Waals surface area contributed by atoms with Gasteiger partial charge in [0.2, 0.25) is 0 Å². The van der Waals surface area contributed by atoms with E-state index in [0.717, 1.165) is 0 Å². The van der Waals surface area contributed by atoms with Crippen LogP contribution in [0.3, 0.4) is 0 Å². The van der Waals surface area contributed by atoms with Crippen LogP contribution < -0.4 is 14.2 Å². The van der Waals surface area contributed by atoms with Gasteiger partial charge in [0.25, 0.3) is 0 Å². The van der Waals surface area contributed by atoms with Crippen LogP contribution in [0, 0.1) is 0 Å². The molecule has 39 heavy (non-hydrogen) atoms. The fraction of sp³-hybridized carbons (Fsp3) is 0.538. The molecule has 9 atom stereocenters. The van der Waals surface area contributed by atoms with Crippen molar-refractivity contribution in [1.82, 2.24) is 0 Å². The molecule has 4 rings (SSSR count). The first-order chi connectivity index (χ1) is 18.6. The number of aliphatic hydroxyl groups excluding tert-OH is 7. The zero-order valence-electron chi connectivity index (χ0n) is 21.3. The van der Waals surface area contributed by atoms with Crippen LogP contribution in [-0.4, -0.2) is 112 Å². The molecular weight excluding hydrogens is 520 g/mol. The Labute approximate surface area is 224 Å². The first-order valence-corrected chi connectivity index (χ1v) is 12.3. The highest BCUT2D eigenvalue weighted by Gasteiger charge is 2.44. The van der Waals surface area contributed by atoms with Crippen molar-refractivity contribution in [2.75, 3.05) is 34.0 Å². The summed E-state index contributed by atoms with van der Waals surface area (Å²) >= 11 is 0. The largest absolute Gasteiger partial charge is 0.504 e. The molecule has 1 fully saturated rings. The van der Waals surface area contributed by atoms with E-state index >= 15 is 0 Å². The molecule has 2 heterocycles. The number of phenols is 1. The average molecular weight is 555 g/mol. The lowest BCUT2D eigenvalue weighted by atomic mass is 9.89. The Morgan fingerprint density at radius 3 is 2.26 bits per heavy atom. The predicted molar refractivity (Wildman–Crippen MR) is 132 cm³/mol. The summed E-state index contributed by atoms with van der Waals surface area (Å²) in [5, 5.41) is 81.0. The summed E-state index contributed by atoms with van der Waals surface area (Å²) in [4.78, 5) is 0. The van der Waals surface area contributed by atoms with Gasteiger partial charge in [-0.3, -0.25) is 0 Å². The molecule has 216 valence electrons. The molecule has 0 amide bonds. The quantitative estimate of drug-likeness (QED) is 0.174. The van der Waals surface area contributed by atoms with Gasteiger partial charge in [-0.05, 0) is 35.4 Å². The van der Waals surface area contributed by atoms with Gasteiger partial charge in [-0.15, -0.1) is 0 Å². The molecule has 2 aliphatic heterocycles. The summed E-state index contributed by atoms with van der Waals surface area (Å²) in [7, 11) is 2.81. The number of hydrogen-bond donors (Lipinski definition) is 8. The zero-order chi connectivity index (χ0) is 28.4. The molecule has 0 bridgehead atoms. The summed E-state index contributed by atoms with van der Waals surface area (Å²) in [5.41, 5.74) is 1.36. The second-order valence-corrected chi connectivity index (χ2v) is 9.44. The minimum atomic E-state index is -1.66. The van der Waals surface area contributed by atoms with E-state index in [-0.39, 0.29) is 29.4 Å². The lowest BCUT2D eigenvalue weighted by Gasteiger charge is -2.39. The van der Waals surface area contributed by atoms with Gasteiger partial charge in [-0.1, -0.05) is 6.07 Å². The SMILES string of the molecule is COc1cc([C@H]2Oc3c(OC)cc([C@H](O)[C@H](O)CO[C@@H]4O[C@H](CO)[C@@H](O)[C@H](O)[C@H]4O)cc3[C@@H]2CO)ccc1O. The van der Waals surface area contributed by atoms with Crippen molar-refractivity contribution in [3.05, 3.63) is 47.0 Å². The van der Waals surface area contributed by atoms with Crippen LogP contribution in [-0.2, 0) is 9.47 Å². The predicted octanol–water partition coefficient (Wildman–Crippen LogP) is -1.17. The number of aliphatic hydroxyl groups is 7. The second-order valence-electron chi connectivity index (χ2n) is 9.44. The molecule has 0 aliphatic carbocycles. The van der Waals surface area contributed by atoms with Crippen LogP contribution in [0.2, 0.25) is 0 Å². The molecule has 13 nitrogen and oxygen atoms in total. The number of ether oxygens (including phenoxy) is 5. The van der Waals surface area contributed by atoms with Crippen LogP contribution >= 0.6 is 0 Å². The Morgan fingerprint density at radius 2 is 1.62 bits per heavy atom. The van der Waals surface area contributed by atoms with Crippen molar-refractivity contribution in [3.63, 3.8) is 0 Å². The number of benzene rings is 2. The van der Waals surface area contributed by atoms with Gasteiger partial charge >= 0.3 is 0 Å². The maximum atomic E-state index is 10.9. The van der Waals surface area contributed by atoms with Crippen molar-refractivity contribution < 1.29 is 64.5 Å². The summed E-state index contributed by atoms with van der Waals surface area (Å²) < 4.78 is 27.4. The molecule has 0 saturated carbocycles. The van der Waals surface area contributed by atoms with Gasteiger partial charge in [0.05, 0.1) is 40.0 Å². The second kappa shape index (κ2) is 12.2. The number of phenolic OH excluding ortho intramolecular Hbond substituents is 1. The fourth-order valence-corrected chi connectivity index (χ4v) is 4.82. The molecule has 8 N–H and O–H groups in total. The molecule has 2 aromatic rings. The van der Waals surface area contributed by atoms with Crippen molar-refractivity contribution in [2.45, 2.75) is 54.9 Å². The fourth-order valence-electron chi connectivity index (χ4n) is 4.82. The first kappa shape index (κ1) is 29.3. The summed E-state index contributed by atoms with van der Waals surface area (Å²) in [6.45, 7) is -1.51. The maximum Gasteiger partial charge on any atom is 0.186 e. The molecule has 13 heteroatoms. The van der Waals surface area contributed by atoms with E-state index in [1.54, 1.807) is 18.2 Å². The minimum absolute atomic E-state index is 0.0554. The van der Waals surface area contributed by atoms with E-state index in [1.807, 2.05) is 0 Å². The highest BCUT2D eigenvalue weighted by molar-refractivity contribution is 5.56. The van der Waals surface area contributed by atoms with Crippen LogP contribution in [0.1, 0.15) is 34.8 Å². The number of methoxy groups -OCH3 is 2. The highest BCUT2D eigenvalue weighted by Crippen LogP contribution is 2.52. The van der Waals surface area contributed by atoms with Crippen molar-refractivity contribution in [2.24, 2.45) is 0 Å². The Kier molecular flexibility index (Phi) is 9.16. The number of aromatic hydroxyl groups is 1. The van der Waals surface area contributed by atoms with Crippen molar-refractivity contribution >= 4 is 0 Å². The third-order valence-corrected chi connectivity index (χ3v) is 7.05. The Balaban J connectivity index is 1.53. The number of hydrogen-bond acceptors (Lipinski definition) is 13. The van der Waals surface area contributed by atoms with Gasteiger partial charge in [-0.25, -0.2) is 0 Å². The van der Waals surface area contributed by atoms with Crippen molar-refractivity contribution in [1.29, 1.82) is 0 Å². The average Bonchev–Trinajstić information content (AvgIpc) is 3.33. The van der Waals surface area contributed by atoms with Gasteiger partial charge in [-0.2, -0.15) is 0 Å².